The Morgan fingerprint density at radius 1 is 1.42 bits per heavy atom. The normalized spacial score (nSPS) is 18.2. The molecule has 0 unspecified atom stereocenters. The van der Waals surface area contributed by atoms with Crippen molar-refractivity contribution in [3.63, 3.8) is 0 Å². The van der Waals surface area contributed by atoms with Crippen molar-refractivity contribution in [1.29, 1.82) is 0 Å². The molecule has 1 atom stereocenters. The number of nitrogens with one attached hydrogen (secondary N) is 1. The fraction of sp³-hybridized carbons (Fsp3) is 0.429. The van der Waals surface area contributed by atoms with Gasteiger partial charge in [-0.05, 0) is 12.0 Å². The lowest BCUT2D eigenvalue weighted by atomic mass is 10.1. The van der Waals surface area contributed by atoms with Crippen molar-refractivity contribution in [3.8, 4) is 0 Å². The van der Waals surface area contributed by atoms with Crippen molar-refractivity contribution in [2.24, 2.45) is 5.92 Å². The summed E-state index contributed by atoms with van der Waals surface area (Å²) in [5, 5.41) is 4.01. The molecule has 1 fully saturated rings. The van der Waals surface area contributed by atoms with Gasteiger partial charge in [0.15, 0.2) is 0 Å². The first kappa shape index (κ1) is 13.5. The molecule has 0 aromatic heterocycles. The molecular formula is C14H18N2O3. The van der Waals surface area contributed by atoms with Crippen LogP contribution in [-0.2, 0) is 20.8 Å². The van der Waals surface area contributed by atoms with E-state index >= 15 is 0 Å². The Balaban J connectivity index is 1.89. The molecule has 1 saturated heterocycles. The van der Waals surface area contributed by atoms with Crippen molar-refractivity contribution >= 4 is 11.8 Å². The molecule has 1 N–H and O–H groups in total. The highest BCUT2D eigenvalue weighted by Crippen LogP contribution is 2.13. The zero-order valence-corrected chi connectivity index (χ0v) is 11.0. The van der Waals surface area contributed by atoms with Gasteiger partial charge in [-0.3, -0.25) is 14.4 Å². The number of nitrogens with zero attached hydrogens (tertiary/aromatic N) is 1. The number of rotatable bonds is 5. The van der Waals surface area contributed by atoms with Crippen molar-refractivity contribution in [2.75, 3.05) is 20.2 Å². The first-order valence-electron chi connectivity index (χ1n) is 6.37. The van der Waals surface area contributed by atoms with Gasteiger partial charge in [0, 0.05) is 13.0 Å². The molecule has 5 heteroatoms. The number of carbonyl (C=O) groups is 2. The van der Waals surface area contributed by atoms with Crippen LogP contribution in [0.25, 0.3) is 0 Å². The molecule has 0 spiro atoms. The van der Waals surface area contributed by atoms with Crippen LogP contribution in [0.5, 0.6) is 0 Å². The third kappa shape index (κ3) is 3.54. The Kier molecular flexibility index (Phi) is 4.52. The monoisotopic (exact) mass is 262 g/mol. The van der Waals surface area contributed by atoms with Crippen LogP contribution >= 0.6 is 0 Å². The van der Waals surface area contributed by atoms with Crippen LogP contribution in [0.2, 0.25) is 0 Å². The number of hydrogen-bond donors (Lipinski definition) is 1. The maximum atomic E-state index is 12.2. The Hall–Kier alpha value is -1.88. The van der Waals surface area contributed by atoms with E-state index in [1.807, 2.05) is 30.3 Å². The Labute approximate surface area is 112 Å². The number of carbonyl (C=O) groups excluding carboxylic acids is 2. The summed E-state index contributed by atoms with van der Waals surface area (Å²) in [5.41, 5.74) is 1.15. The third-order valence-electron chi connectivity index (χ3n) is 3.24. The average molecular weight is 262 g/mol. The average Bonchev–Trinajstić information content (AvgIpc) is 2.87. The molecule has 102 valence electrons. The number of amides is 2. The topological polar surface area (TPSA) is 58.6 Å². The van der Waals surface area contributed by atoms with Gasteiger partial charge >= 0.3 is 0 Å². The van der Waals surface area contributed by atoms with E-state index in [-0.39, 0.29) is 24.2 Å². The molecule has 0 aliphatic carbocycles. The molecule has 0 bridgehead atoms. The summed E-state index contributed by atoms with van der Waals surface area (Å²) in [6.07, 6.45) is 0.985. The van der Waals surface area contributed by atoms with E-state index in [0.717, 1.165) is 12.0 Å². The van der Waals surface area contributed by atoms with Gasteiger partial charge in [0.05, 0.1) is 19.6 Å². The van der Waals surface area contributed by atoms with Crippen LogP contribution in [0.4, 0.5) is 0 Å². The van der Waals surface area contributed by atoms with Gasteiger partial charge in [-0.2, -0.15) is 0 Å². The smallest absolute Gasteiger partial charge is 0.251 e. The second-order valence-electron chi connectivity index (χ2n) is 4.56. The summed E-state index contributed by atoms with van der Waals surface area (Å²) in [6.45, 7) is 0.896. The first-order valence-corrected chi connectivity index (χ1v) is 6.37. The van der Waals surface area contributed by atoms with E-state index in [9.17, 15) is 9.59 Å². The van der Waals surface area contributed by atoms with Crippen molar-refractivity contribution in [1.82, 2.24) is 10.4 Å². The highest BCUT2D eigenvalue weighted by Gasteiger charge is 2.31. The third-order valence-corrected chi connectivity index (χ3v) is 3.24. The van der Waals surface area contributed by atoms with Crippen molar-refractivity contribution < 1.29 is 14.4 Å². The molecule has 0 saturated carbocycles. The molecule has 1 aliphatic heterocycles. The summed E-state index contributed by atoms with van der Waals surface area (Å²) in [7, 11) is 1.48. The highest BCUT2D eigenvalue weighted by atomic mass is 16.7. The number of hydroxylamine groups is 2. The predicted molar refractivity (Wildman–Crippen MR) is 70.0 cm³/mol. The van der Waals surface area contributed by atoms with Gasteiger partial charge in [-0.1, -0.05) is 30.3 Å². The van der Waals surface area contributed by atoms with E-state index in [1.54, 1.807) is 0 Å². The highest BCUT2D eigenvalue weighted by molar-refractivity contribution is 5.88. The maximum Gasteiger partial charge on any atom is 0.251 e. The summed E-state index contributed by atoms with van der Waals surface area (Å²) in [6, 6.07) is 9.91. The Morgan fingerprint density at radius 3 is 2.74 bits per heavy atom. The second kappa shape index (κ2) is 6.33. The standard InChI is InChI=1S/C14H18N2O3/c1-19-16(8-7-11-5-3-2-4-6-11)14(18)12-9-13(17)15-10-12/h2-6,12H,7-10H2,1H3,(H,15,17)/t12-/m1/s1. The Morgan fingerprint density at radius 2 is 2.16 bits per heavy atom. The number of hydrogen-bond acceptors (Lipinski definition) is 3. The summed E-state index contributed by atoms with van der Waals surface area (Å²) < 4.78 is 0. The van der Waals surface area contributed by atoms with E-state index in [2.05, 4.69) is 5.32 Å². The summed E-state index contributed by atoms with van der Waals surface area (Å²) >= 11 is 0. The predicted octanol–water partition coefficient (Wildman–Crippen LogP) is 0.755. The lowest BCUT2D eigenvalue weighted by molar-refractivity contribution is -0.180. The fourth-order valence-electron chi connectivity index (χ4n) is 2.15. The minimum atomic E-state index is -0.303. The van der Waals surface area contributed by atoms with Crippen LogP contribution in [-0.4, -0.2) is 37.1 Å². The molecule has 0 radical (unpaired) electrons. The Bertz CT molecular complexity index is 447. The zero-order valence-electron chi connectivity index (χ0n) is 11.0. The van der Waals surface area contributed by atoms with Gasteiger partial charge in [0.25, 0.3) is 5.91 Å². The maximum absolute atomic E-state index is 12.2. The molecule has 1 aromatic carbocycles. The summed E-state index contributed by atoms with van der Waals surface area (Å²) in [5.74, 6) is -0.502. The lowest BCUT2D eigenvalue weighted by Crippen LogP contribution is -2.37. The van der Waals surface area contributed by atoms with Crippen LogP contribution < -0.4 is 5.32 Å². The zero-order chi connectivity index (χ0) is 13.7. The van der Waals surface area contributed by atoms with E-state index in [4.69, 9.17) is 4.84 Å². The van der Waals surface area contributed by atoms with Crippen molar-refractivity contribution in [2.45, 2.75) is 12.8 Å². The van der Waals surface area contributed by atoms with Crippen LogP contribution in [0.15, 0.2) is 30.3 Å². The SMILES string of the molecule is CON(CCc1ccccc1)C(=O)[C@H]1CNC(=O)C1. The van der Waals surface area contributed by atoms with Gasteiger partial charge in [0.1, 0.15) is 0 Å². The molecule has 5 nitrogen and oxygen atoms in total. The minimum absolute atomic E-state index is 0.0718. The largest absolute Gasteiger partial charge is 0.355 e. The van der Waals surface area contributed by atoms with Crippen LogP contribution in [0.1, 0.15) is 12.0 Å². The fourth-order valence-corrected chi connectivity index (χ4v) is 2.15. The lowest BCUT2D eigenvalue weighted by Gasteiger charge is -2.22. The summed E-state index contributed by atoms with van der Waals surface area (Å²) in [4.78, 5) is 28.4. The minimum Gasteiger partial charge on any atom is -0.355 e. The molecule has 2 amide bonds. The molecule has 19 heavy (non-hydrogen) atoms. The molecule has 1 aromatic rings. The first-order chi connectivity index (χ1) is 9.20. The van der Waals surface area contributed by atoms with Gasteiger partial charge in [-0.25, -0.2) is 5.06 Å². The molecular weight excluding hydrogens is 244 g/mol. The van der Waals surface area contributed by atoms with E-state index < -0.39 is 0 Å². The van der Waals surface area contributed by atoms with E-state index in [0.29, 0.717) is 13.1 Å². The van der Waals surface area contributed by atoms with Gasteiger partial charge < -0.3 is 5.32 Å². The molecule has 2 rings (SSSR count). The van der Waals surface area contributed by atoms with Gasteiger partial charge in [-0.15, -0.1) is 0 Å². The van der Waals surface area contributed by atoms with Crippen LogP contribution in [0.3, 0.4) is 0 Å². The van der Waals surface area contributed by atoms with E-state index in [1.165, 1.54) is 12.2 Å². The molecule has 1 heterocycles. The quantitative estimate of drug-likeness (QED) is 0.797. The second-order valence-corrected chi connectivity index (χ2v) is 4.56. The van der Waals surface area contributed by atoms with Crippen LogP contribution in [0, 0.1) is 5.92 Å². The van der Waals surface area contributed by atoms with Gasteiger partial charge in [0.2, 0.25) is 5.91 Å². The van der Waals surface area contributed by atoms with Crippen molar-refractivity contribution in [3.05, 3.63) is 35.9 Å². The number of benzene rings is 1. The molecule has 1 aliphatic rings.